The maximum atomic E-state index is 3.73. The van der Waals surface area contributed by atoms with Crippen molar-refractivity contribution in [3.05, 3.63) is 35.4 Å². The molecule has 1 aromatic rings. The van der Waals surface area contributed by atoms with Crippen molar-refractivity contribution < 1.29 is 0 Å². The second-order valence-electron chi connectivity index (χ2n) is 6.09. The van der Waals surface area contributed by atoms with Crippen molar-refractivity contribution in [1.29, 1.82) is 0 Å². The molecular formula is C18H32N2. The van der Waals surface area contributed by atoms with E-state index in [9.17, 15) is 0 Å². The average molecular weight is 276 g/mol. The van der Waals surface area contributed by atoms with Gasteiger partial charge in [-0.3, -0.25) is 0 Å². The van der Waals surface area contributed by atoms with Crippen LogP contribution in [0.15, 0.2) is 24.3 Å². The van der Waals surface area contributed by atoms with Crippen LogP contribution in [0, 0.1) is 12.8 Å². The molecule has 0 fully saturated rings. The van der Waals surface area contributed by atoms with Gasteiger partial charge in [0.2, 0.25) is 0 Å². The monoisotopic (exact) mass is 276 g/mol. The van der Waals surface area contributed by atoms with Crippen molar-refractivity contribution in [3.63, 3.8) is 0 Å². The molecule has 2 atom stereocenters. The van der Waals surface area contributed by atoms with Gasteiger partial charge in [-0.15, -0.1) is 0 Å². The van der Waals surface area contributed by atoms with Crippen LogP contribution < -0.4 is 5.32 Å². The zero-order chi connectivity index (χ0) is 15.1. The fourth-order valence-electron chi connectivity index (χ4n) is 3.08. The third kappa shape index (κ3) is 4.60. The number of hydrogen-bond donors (Lipinski definition) is 1. The Hall–Kier alpha value is -0.860. The van der Waals surface area contributed by atoms with Gasteiger partial charge >= 0.3 is 0 Å². The van der Waals surface area contributed by atoms with Gasteiger partial charge in [-0.2, -0.15) is 0 Å². The molecule has 2 nitrogen and oxygen atoms in total. The zero-order valence-corrected chi connectivity index (χ0v) is 14.1. The highest BCUT2D eigenvalue weighted by Gasteiger charge is 2.21. The van der Waals surface area contributed by atoms with Gasteiger partial charge in [-0.05, 0) is 45.0 Å². The number of hydrogen-bond acceptors (Lipinski definition) is 2. The second-order valence-corrected chi connectivity index (χ2v) is 6.09. The lowest BCUT2D eigenvalue weighted by atomic mass is 9.92. The van der Waals surface area contributed by atoms with Crippen molar-refractivity contribution in [1.82, 2.24) is 10.2 Å². The van der Waals surface area contributed by atoms with Gasteiger partial charge in [0.05, 0.1) is 0 Å². The van der Waals surface area contributed by atoms with Crippen LogP contribution in [0.5, 0.6) is 0 Å². The summed E-state index contributed by atoms with van der Waals surface area (Å²) in [6.07, 6.45) is 2.50. The largest absolute Gasteiger partial charge is 0.309 e. The Morgan fingerprint density at radius 3 is 2.20 bits per heavy atom. The van der Waals surface area contributed by atoms with Crippen LogP contribution in [-0.2, 0) is 0 Å². The minimum Gasteiger partial charge on any atom is -0.309 e. The van der Waals surface area contributed by atoms with E-state index in [-0.39, 0.29) is 0 Å². The van der Waals surface area contributed by atoms with Crippen molar-refractivity contribution in [2.24, 2.45) is 5.92 Å². The van der Waals surface area contributed by atoms with E-state index >= 15 is 0 Å². The molecule has 0 heterocycles. The summed E-state index contributed by atoms with van der Waals surface area (Å²) in [5.41, 5.74) is 2.78. The van der Waals surface area contributed by atoms with Crippen LogP contribution in [0.1, 0.15) is 50.8 Å². The molecule has 0 saturated heterocycles. The summed E-state index contributed by atoms with van der Waals surface area (Å²) in [5.74, 6) is 0.765. The summed E-state index contributed by atoms with van der Waals surface area (Å²) >= 11 is 0. The Bertz CT molecular complexity index is 383. The van der Waals surface area contributed by atoms with Crippen LogP contribution in [0.2, 0.25) is 0 Å². The number of nitrogens with one attached hydrogen (secondary N) is 1. The molecule has 0 saturated carbocycles. The molecule has 114 valence electrons. The maximum Gasteiger partial charge on any atom is 0.0295 e. The second kappa shape index (κ2) is 8.43. The first-order valence-electron chi connectivity index (χ1n) is 7.96. The molecule has 1 N–H and O–H groups in total. The lowest BCUT2D eigenvalue weighted by Crippen LogP contribution is -2.43. The first kappa shape index (κ1) is 17.2. The van der Waals surface area contributed by atoms with E-state index in [1.165, 1.54) is 24.0 Å². The molecule has 20 heavy (non-hydrogen) atoms. The molecule has 0 aliphatic heterocycles. The van der Waals surface area contributed by atoms with Crippen molar-refractivity contribution in [3.8, 4) is 0 Å². The molecule has 2 heteroatoms. The highest BCUT2D eigenvalue weighted by molar-refractivity contribution is 5.28. The summed E-state index contributed by atoms with van der Waals surface area (Å²) in [6.45, 7) is 10.1. The van der Waals surface area contributed by atoms with Gasteiger partial charge in [0.25, 0.3) is 0 Å². The summed E-state index contributed by atoms with van der Waals surface area (Å²) in [7, 11) is 4.40. The number of benzene rings is 1. The molecule has 0 bridgehead atoms. The highest BCUT2D eigenvalue weighted by Crippen LogP contribution is 2.20. The topological polar surface area (TPSA) is 15.3 Å². The maximum absolute atomic E-state index is 3.73. The Balaban J connectivity index is 2.66. The molecule has 0 aromatic heterocycles. The van der Waals surface area contributed by atoms with Gasteiger partial charge in [-0.1, -0.05) is 51.0 Å². The number of likely N-dealkylation sites (N-methyl/N-ethyl adjacent to an activating group) is 1. The third-order valence-electron chi connectivity index (χ3n) is 4.54. The molecule has 0 spiro atoms. The fraction of sp³-hybridized carbons (Fsp3) is 0.667. The summed E-state index contributed by atoms with van der Waals surface area (Å²) in [6, 6.07) is 9.68. The lowest BCUT2D eigenvalue weighted by molar-refractivity contribution is 0.190. The molecule has 2 unspecified atom stereocenters. The Labute approximate surface area is 125 Å². The van der Waals surface area contributed by atoms with Gasteiger partial charge in [0, 0.05) is 18.6 Å². The van der Waals surface area contributed by atoms with Crippen LogP contribution in [-0.4, -0.2) is 31.6 Å². The number of aryl methyl sites for hydroxylation is 1. The third-order valence-corrected chi connectivity index (χ3v) is 4.54. The van der Waals surface area contributed by atoms with Crippen molar-refractivity contribution in [2.45, 2.75) is 52.6 Å². The Kier molecular flexibility index (Phi) is 7.25. The Morgan fingerprint density at radius 1 is 1.10 bits per heavy atom. The summed E-state index contributed by atoms with van der Waals surface area (Å²) < 4.78 is 0. The van der Waals surface area contributed by atoms with Gasteiger partial charge < -0.3 is 10.2 Å². The van der Waals surface area contributed by atoms with Crippen LogP contribution in [0.25, 0.3) is 0 Å². The molecule has 0 aliphatic carbocycles. The summed E-state index contributed by atoms with van der Waals surface area (Å²) in [5, 5.41) is 3.73. The van der Waals surface area contributed by atoms with Gasteiger partial charge in [0.1, 0.15) is 0 Å². The van der Waals surface area contributed by atoms with E-state index in [2.05, 4.69) is 76.3 Å². The fourth-order valence-corrected chi connectivity index (χ4v) is 3.08. The number of rotatable bonds is 8. The van der Waals surface area contributed by atoms with Crippen LogP contribution in [0.4, 0.5) is 0 Å². The molecule has 0 aliphatic rings. The van der Waals surface area contributed by atoms with Crippen molar-refractivity contribution >= 4 is 0 Å². The number of nitrogens with zero attached hydrogens (tertiary/aromatic N) is 1. The summed E-state index contributed by atoms with van der Waals surface area (Å²) in [4.78, 5) is 2.37. The van der Waals surface area contributed by atoms with E-state index in [0.717, 1.165) is 12.5 Å². The SMILES string of the molecule is CCC(CC)C(CNC(C)c1ccccc1C)N(C)C. The smallest absolute Gasteiger partial charge is 0.0295 e. The van der Waals surface area contributed by atoms with Crippen molar-refractivity contribution in [2.75, 3.05) is 20.6 Å². The Morgan fingerprint density at radius 2 is 1.70 bits per heavy atom. The predicted molar refractivity (Wildman–Crippen MR) is 89.1 cm³/mol. The van der Waals surface area contributed by atoms with Crippen LogP contribution in [0.3, 0.4) is 0 Å². The molecular weight excluding hydrogens is 244 g/mol. The van der Waals surface area contributed by atoms with Crippen LogP contribution >= 0.6 is 0 Å². The molecule has 1 aromatic carbocycles. The van der Waals surface area contributed by atoms with E-state index in [0.29, 0.717) is 12.1 Å². The van der Waals surface area contributed by atoms with E-state index in [4.69, 9.17) is 0 Å². The molecule has 1 rings (SSSR count). The first-order valence-corrected chi connectivity index (χ1v) is 7.96. The quantitative estimate of drug-likeness (QED) is 0.771. The minimum atomic E-state index is 0.410. The average Bonchev–Trinajstić information content (AvgIpc) is 2.43. The minimum absolute atomic E-state index is 0.410. The predicted octanol–water partition coefficient (Wildman–Crippen LogP) is 4.01. The van der Waals surface area contributed by atoms with Gasteiger partial charge in [-0.25, -0.2) is 0 Å². The van der Waals surface area contributed by atoms with E-state index in [1.54, 1.807) is 0 Å². The molecule has 0 radical (unpaired) electrons. The normalized spacial score (nSPS) is 14.8. The molecule has 0 amide bonds. The standard InChI is InChI=1S/C18H32N2/c1-7-16(8-2)18(20(5)6)13-19-15(4)17-12-10-9-11-14(17)3/h9-12,15-16,18-19H,7-8,13H2,1-6H3. The van der Waals surface area contributed by atoms with Gasteiger partial charge in [0.15, 0.2) is 0 Å². The lowest BCUT2D eigenvalue weighted by Gasteiger charge is -2.33. The van der Waals surface area contributed by atoms with E-state index < -0.39 is 0 Å². The zero-order valence-electron chi connectivity index (χ0n) is 14.1. The highest BCUT2D eigenvalue weighted by atomic mass is 15.1. The van der Waals surface area contributed by atoms with E-state index in [1.807, 2.05) is 0 Å². The first-order chi connectivity index (χ1) is 9.51.